The second-order valence-electron chi connectivity index (χ2n) is 6.05. The van der Waals surface area contributed by atoms with E-state index >= 15 is 0 Å². The molecule has 0 aromatic heterocycles. The number of nitrogens with one attached hydrogen (secondary N) is 2. The average Bonchev–Trinajstić information content (AvgIpc) is 2.86. The van der Waals surface area contributed by atoms with Crippen LogP contribution in [-0.2, 0) is 4.79 Å². The van der Waals surface area contributed by atoms with Gasteiger partial charge in [0.15, 0.2) is 0 Å². The first kappa shape index (κ1) is 16.2. The summed E-state index contributed by atoms with van der Waals surface area (Å²) in [6, 6.07) is 4.85. The lowest BCUT2D eigenvalue weighted by atomic mass is 9.85. The number of benzene rings is 1. The summed E-state index contributed by atoms with van der Waals surface area (Å²) in [6.07, 6.45) is 5.89. The van der Waals surface area contributed by atoms with Crippen LogP contribution in [0.1, 0.15) is 37.7 Å². The summed E-state index contributed by atoms with van der Waals surface area (Å²) in [7, 11) is 0. The Bertz CT molecular complexity index is 509. The Hall–Kier alpha value is -1.13. The Morgan fingerprint density at radius 2 is 2.10 bits per heavy atom. The maximum absolute atomic E-state index is 13.1. The van der Waals surface area contributed by atoms with Crippen LogP contribution in [0.15, 0.2) is 18.2 Å². The highest BCUT2D eigenvalue weighted by Gasteiger charge is 2.38. The van der Waals surface area contributed by atoms with Crippen molar-refractivity contribution in [1.82, 2.24) is 5.32 Å². The minimum atomic E-state index is -0.273. The van der Waals surface area contributed by atoms with Gasteiger partial charge in [0.1, 0.15) is 5.82 Å². The number of fused-ring (bicyclic) bond motifs is 1. The van der Waals surface area contributed by atoms with Crippen LogP contribution in [0.2, 0.25) is 0 Å². The van der Waals surface area contributed by atoms with Crippen molar-refractivity contribution in [2.45, 2.75) is 51.1 Å². The Morgan fingerprint density at radius 1 is 1.33 bits per heavy atom. The number of anilines is 1. The van der Waals surface area contributed by atoms with Crippen molar-refractivity contribution in [3.05, 3.63) is 29.6 Å². The number of carbonyl (C=O) groups excluding carboxylic acids is 1. The third-order valence-electron chi connectivity index (χ3n) is 4.63. The van der Waals surface area contributed by atoms with Crippen molar-refractivity contribution >= 4 is 24.0 Å². The highest BCUT2D eigenvalue weighted by atomic mass is 35.5. The van der Waals surface area contributed by atoms with Crippen LogP contribution >= 0.6 is 12.4 Å². The topological polar surface area (TPSA) is 41.1 Å². The molecule has 1 aliphatic carbocycles. The van der Waals surface area contributed by atoms with Crippen molar-refractivity contribution in [2.24, 2.45) is 5.92 Å². The fraction of sp³-hybridized carbons (Fsp3) is 0.562. The first-order valence-electron chi connectivity index (χ1n) is 7.46. The molecule has 116 valence electrons. The zero-order valence-electron chi connectivity index (χ0n) is 12.2. The van der Waals surface area contributed by atoms with Crippen molar-refractivity contribution in [3.8, 4) is 0 Å². The van der Waals surface area contributed by atoms with Crippen molar-refractivity contribution in [1.29, 1.82) is 0 Å². The monoisotopic (exact) mass is 312 g/mol. The molecule has 3 atom stereocenters. The van der Waals surface area contributed by atoms with E-state index in [4.69, 9.17) is 0 Å². The zero-order valence-corrected chi connectivity index (χ0v) is 13.0. The molecule has 1 saturated carbocycles. The van der Waals surface area contributed by atoms with Gasteiger partial charge in [0, 0.05) is 11.7 Å². The van der Waals surface area contributed by atoms with E-state index in [1.54, 1.807) is 13.0 Å². The lowest BCUT2D eigenvalue weighted by molar-refractivity contribution is -0.117. The van der Waals surface area contributed by atoms with Crippen molar-refractivity contribution in [2.75, 3.05) is 5.32 Å². The number of amides is 1. The molecule has 2 fully saturated rings. The maximum atomic E-state index is 13.1. The quantitative estimate of drug-likeness (QED) is 0.878. The zero-order chi connectivity index (χ0) is 14.1. The Labute approximate surface area is 131 Å². The van der Waals surface area contributed by atoms with E-state index in [0.717, 1.165) is 12.0 Å². The average molecular weight is 313 g/mol. The Balaban J connectivity index is 0.00000161. The number of rotatable bonds is 2. The van der Waals surface area contributed by atoms with E-state index in [9.17, 15) is 9.18 Å². The van der Waals surface area contributed by atoms with Crippen LogP contribution in [0.3, 0.4) is 0 Å². The summed E-state index contributed by atoms with van der Waals surface area (Å²) < 4.78 is 13.1. The fourth-order valence-corrected chi connectivity index (χ4v) is 3.51. The summed E-state index contributed by atoms with van der Waals surface area (Å²) >= 11 is 0. The van der Waals surface area contributed by atoms with Gasteiger partial charge in [-0.2, -0.15) is 0 Å². The molecule has 1 saturated heterocycles. The maximum Gasteiger partial charge on any atom is 0.241 e. The van der Waals surface area contributed by atoms with E-state index in [0.29, 0.717) is 17.6 Å². The SMILES string of the molecule is Cc1cc(F)ccc1NC(=O)C1CC2CCCCC2N1.Cl. The van der Waals surface area contributed by atoms with E-state index in [1.807, 2.05) is 0 Å². The molecule has 2 N–H and O–H groups in total. The minimum absolute atomic E-state index is 0. The first-order valence-corrected chi connectivity index (χ1v) is 7.46. The van der Waals surface area contributed by atoms with E-state index in [-0.39, 0.29) is 30.2 Å². The van der Waals surface area contributed by atoms with Gasteiger partial charge in [-0.05, 0) is 55.9 Å². The van der Waals surface area contributed by atoms with Gasteiger partial charge in [0.05, 0.1) is 6.04 Å². The first-order chi connectivity index (χ1) is 9.63. The smallest absolute Gasteiger partial charge is 0.241 e. The summed E-state index contributed by atoms with van der Waals surface area (Å²) in [5.41, 5.74) is 1.46. The summed E-state index contributed by atoms with van der Waals surface area (Å²) in [5.74, 6) is 0.383. The normalized spacial score (nSPS) is 27.6. The lowest BCUT2D eigenvalue weighted by Crippen LogP contribution is -2.40. The number of hydrogen-bond acceptors (Lipinski definition) is 2. The van der Waals surface area contributed by atoms with Crippen LogP contribution in [0.25, 0.3) is 0 Å². The number of hydrogen-bond donors (Lipinski definition) is 2. The van der Waals surface area contributed by atoms with Gasteiger partial charge in [-0.15, -0.1) is 12.4 Å². The fourth-order valence-electron chi connectivity index (χ4n) is 3.51. The molecular weight excluding hydrogens is 291 g/mol. The van der Waals surface area contributed by atoms with Gasteiger partial charge in [0.2, 0.25) is 5.91 Å². The van der Waals surface area contributed by atoms with Crippen molar-refractivity contribution in [3.63, 3.8) is 0 Å². The highest BCUT2D eigenvalue weighted by molar-refractivity contribution is 5.95. The predicted molar refractivity (Wildman–Crippen MR) is 84.3 cm³/mol. The third-order valence-corrected chi connectivity index (χ3v) is 4.63. The second-order valence-corrected chi connectivity index (χ2v) is 6.05. The number of carbonyl (C=O) groups is 1. The van der Waals surface area contributed by atoms with Crippen LogP contribution in [-0.4, -0.2) is 18.0 Å². The van der Waals surface area contributed by atoms with Gasteiger partial charge in [-0.1, -0.05) is 12.8 Å². The molecule has 1 aliphatic heterocycles. The lowest BCUT2D eigenvalue weighted by Gasteiger charge is -2.24. The molecule has 3 nitrogen and oxygen atoms in total. The largest absolute Gasteiger partial charge is 0.324 e. The van der Waals surface area contributed by atoms with Gasteiger partial charge in [-0.3, -0.25) is 4.79 Å². The van der Waals surface area contributed by atoms with Crippen LogP contribution in [0.4, 0.5) is 10.1 Å². The van der Waals surface area contributed by atoms with E-state index < -0.39 is 0 Å². The van der Waals surface area contributed by atoms with Crippen LogP contribution in [0, 0.1) is 18.7 Å². The molecule has 0 bridgehead atoms. The minimum Gasteiger partial charge on any atom is -0.324 e. The van der Waals surface area contributed by atoms with Gasteiger partial charge in [0.25, 0.3) is 0 Å². The summed E-state index contributed by atoms with van der Waals surface area (Å²) in [4.78, 5) is 12.3. The number of halogens is 2. The van der Waals surface area contributed by atoms with Crippen LogP contribution < -0.4 is 10.6 Å². The molecule has 1 amide bonds. The molecule has 1 heterocycles. The molecule has 5 heteroatoms. The van der Waals surface area contributed by atoms with Crippen LogP contribution in [0.5, 0.6) is 0 Å². The second kappa shape index (κ2) is 6.75. The molecule has 3 rings (SSSR count). The molecule has 1 aromatic carbocycles. The summed E-state index contributed by atoms with van der Waals surface area (Å²) in [5, 5.41) is 6.38. The molecule has 1 aromatic rings. The van der Waals surface area contributed by atoms with Gasteiger partial charge >= 0.3 is 0 Å². The predicted octanol–water partition coefficient (Wildman–Crippen LogP) is 3.42. The van der Waals surface area contributed by atoms with Crippen molar-refractivity contribution < 1.29 is 9.18 Å². The van der Waals surface area contributed by atoms with Gasteiger partial charge in [-0.25, -0.2) is 4.39 Å². The standard InChI is InChI=1S/C16H21FN2O.ClH/c1-10-8-12(17)6-7-13(10)19-16(20)15-9-11-4-2-3-5-14(11)18-15;/h6-8,11,14-15,18H,2-5,9H2,1H3,(H,19,20);1H. The highest BCUT2D eigenvalue weighted by Crippen LogP contribution is 2.33. The Morgan fingerprint density at radius 3 is 2.81 bits per heavy atom. The number of aryl methyl sites for hydroxylation is 1. The molecule has 0 spiro atoms. The molecule has 21 heavy (non-hydrogen) atoms. The molecule has 0 radical (unpaired) electrons. The molecule has 3 unspecified atom stereocenters. The summed E-state index contributed by atoms with van der Waals surface area (Å²) in [6.45, 7) is 1.81. The molecule has 2 aliphatic rings. The van der Waals surface area contributed by atoms with Gasteiger partial charge < -0.3 is 10.6 Å². The van der Waals surface area contributed by atoms with E-state index in [1.165, 1.54) is 37.8 Å². The molecular formula is C16H22ClFN2O. The Kier molecular flexibility index (Phi) is 5.22. The third kappa shape index (κ3) is 3.55. The van der Waals surface area contributed by atoms with E-state index in [2.05, 4.69) is 10.6 Å².